The summed E-state index contributed by atoms with van der Waals surface area (Å²) in [5, 5.41) is 26.0. The fraction of sp³-hybridized carbons (Fsp3) is 0.0588. The first kappa shape index (κ1) is 22.3. The topological polar surface area (TPSA) is 153 Å². The largest absolute Gasteiger partial charge is 0.334 e. The lowest BCUT2D eigenvalue weighted by atomic mass is 10.2. The van der Waals surface area contributed by atoms with Crippen LogP contribution in [0.4, 0.5) is 17.3 Å². The lowest BCUT2D eigenvalue weighted by Crippen LogP contribution is -2.17. The number of carbonyl (C=O) groups excluding carboxylic acids is 1. The molecule has 0 atom stereocenters. The first-order valence-electron chi connectivity index (χ1n) is 8.46. The number of rotatable bonds is 8. The molecule has 160 valence electrons. The number of hydrazone groups is 1. The molecule has 14 heteroatoms. The number of nitrogens with one attached hydrogen (secondary N) is 2. The van der Waals surface area contributed by atoms with Crippen molar-refractivity contribution in [3.8, 4) is 0 Å². The van der Waals surface area contributed by atoms with Crippen molar-refractivity contribution >= 4 is 64.4 Å². The number of halogens is 2. The minimum Gasteiger partial charge on any atom is -0.334 e. The third-order valence-electron chi connectivity index (χ3n) is 3.68. The number of benzene rings is 2. The lowest BCUT2D eigenvalue weighted by molar-refractivity contribution is -0.384. The third kappa shape index (κ3) is 5.84. The maximum Gasteiger partial charge on any atom is 0.270 e. The van der Waals surface area contributed by atoms with Crippen LogP contribution in [0.25, 0.3) is 0 Å². The predicted molar refractivity (Wildman–Crippen MR) is 120 cm³/mol. The van der Waals surface area contributed by atoms with E-state index in [4.69, 9.17) is 29.0 Å². The summed E-state index contributed by atoms with van der Waals surface area (Å²) >= 11 is 13.0. The minimum absolute atomic E-state index is 0.00484. The van der Waals surface area contributed by atoms with Gasteiger partial charge in [-0.1, -0.05) is 53.2 Å². The van der Waals surface area contributed by atoms with Crippen LogP contribution in [0.1, 0.15) is 5.56 Å². The number of nitro groups is 1. The maximum atomic E-state index is 12.2. The monoisotopic (exact) mass is 480 g/mol. The Hall–Kier alpha value is -3.35. The fourth-order valence-corrected chi connectivity index (χ4v) is 3.26. The normalized spacial score (nSPS) is 10.9. The molecule has 0 fully saturated rings. The molecule has 0 aliphatic heterocycles. The molecular formula is C17H14Cl2N8O3S. The molecule has 3 rings (SSSR count). The molecule has 0 spiro atoms. The molecule has 3 aromatic rings. The van der Waals surface area contributed by atoms with E-state index in [1.807, 2.05) is 0 Å². The zero-order valence-corrected chi connectivity index (χ0v) is 17.9. The number of amides is 1. The van der Waals surface area contributed by atoms with E-state index in [2.05, 4.69) is 26.0 Å². The van der Waals surface area contributed by atoms with E-state index in [-0.39, 0.29) is 33.5 Å². The Morgan fingerprint density at radius 3 is 2.84 bits per heavy atom. The SMILES string of the molecule is Nn1c(N/N=C/c2cccc([N+](=O)[O-])c2)nnc1SCC(=O)Nc1cccc(Cl)c1Cl. The second-order valence-electron chi connectivity index (χ2n) is 5.84. The number of hydrogen-bond donors (Lipinski definition) is 3. The van der Waals surface area contributed by atoms with Crippen LogP contribution in [0.3, 0.4) is 0 Å². The second-order valence-corrected chi connectivity index (χ2v) is 7.56. The number of thioether (sulfide) groups is 1. The summed E-state index contributed by atoms with van der Waals surface area (Å²) in [6, 6.07) is 10.8. The minimum atomic E-state index is -0.499. The van der Waals surface area contributed by atoms with Crippen molar-refractivity contribution in [1.29, 1.82) is 0 Å². The van der Waals surface area contributed by atoms with Crippen molar-refractivity contribution in [2.75, 3.05) is 22.3 Å². The Kier molecular flexibility index (Phi) is 7.28. The molecule has 11 nitrogen and oxygen atoms in total. The first-order valence-corrected chi connectivity index (χ1v) is 10.2. The smallest absolute Gasteiger partial charge is 0.270 e. The van der Waals surface area contributed by atoms with Gasteiger partial charge >= 0.3 is 0 Å². The van der Waals surface area contributed by atoms with Crippen LogP contribution in [0.5, 0.6) is 0 Å². The van der Waals surface area contributed by atoms with Crippen molar-refractivity contribution in [1.82, 2.24) is 14.9 Å². The third-order valence-corrected chi connectivity index (χ3v) is 5.44. The van der Waals surface area contributed by atoms with E-state index in [0.29, 0.717) is 16.3 Å². The van der Waals surface area contributed by atoms with Crippen molar-refractivity contribution in [2.24, 2.45) is 5.10 Å². The molecule has 2 aromatic carbocycles. The van der Waals surface area contributed by atoms with Crippen LogP contribution < -0.4 is 16.6 Å². The molecule has 0 bridgehead atoms. The van der Waals surface area contributed by atoms with Gasteiger partial charge < -0.3 is 11.2 Å². The van der Waals surface area contributed by atoms with Gasteiger partial charge in [0.05, 0.1) is 32.6 Å². The Morgan fingerprint density at radius 1 is 1.29 bits per heavy atom. The lowest BCUT2D eigenvalue weighted by Gasteiger charge is -2.07. The highest BCUT2D eigenvalue weighted by molar-refractivity contribution is 7.99. The van der Waals surface area contributed by atoms with Gasteiger partial charge in [0.1, 0.15) is 0 Å². The van der Waals surface area contributed by atoms with Gasteiger partial charge in [0.2, 0.25) is 11.1 Å². The van der Waals surface area contributed by atoms with Gasteiger partial charge in [-0.15, -0.1) is 10.2 Å². The average molecular weight is 481 g/mol. The van der Waals surface area contributed by atoms with E-state index < -0.39 is 4.92 Å². The standard InChI is InChI=1S/C17H14Cl2N8O3S/c18-12-5-2-6-13(15(12)19)22-14(28)9-31-17-25-24-16(26(17)20)23-21-8-10-3-1-4-11(7-10)27(29)30/h1-8H,9,20H2,(H,22,28)(H,23,24)/b21-8+. The molecule has 1 heterocycles. The van der Waals surface area contributed by atoms with Crippen LogP contribution >= 0.6 is 35.0 Å². The molecule has 1 amide bonds. The Labute approximate surface area is 189 Å². The molecule has 1 aromatic heterocycles. The van der Waals surface area contributed by atoms with Crippen molar-refractivity contribution in [3.05, 3.63) is 68.2 Å². The quantitative estimate of drug-likeness (QED) is 0.146. The summed E-state index contributed by atoms with van der Waals surface area (Å²) in [5.41, 5.74) is 3.44. The van der Waals surface area contributed by atoms with Crippen LogP contribution in [-0.2, 0) is 4.79 Å². The van der Waals surface area contributed by atoms with E-state index >= 15 is 0 Å². The molecule has 0 unspecified atom stereocenters. The summed E-state index contributed by atoms with van der Waals surface area (Å²) in [7, 11) is 0. The molecule has 0 saturated heterocycles. The zero-order chi connectivity index (χ0) is 22.4. The maximum absolute atomic E-state index is 12.2. The van der Waals surface area contributed by atoms with Gasteiger partial charge in [0.25, 0.3) is 11.6 Å². The van der Waals surface area contributed by atoms with Gasteiger partial charge in [-0.05, 0) is 12.1 Å². The van der Waals surface area contributed by atoms with Crippen molar-refractivity contribution < 1.29 is 9.72 Å². The number of carbonyl (C=O) groups is 1. The van der Waals surface area contributed by atoms with Gasteiger partial charge in [-0.25, -0.2) is 10.1 Å². The zero-order valence-electron chi connectivity index (χ0n) is 15.5. The Balaban J connectivity index is 1.56. The second kappa shape index (κ2) is 10.1. The summed E-state index contributed by atoms with van der Waals surface area (Å²) < 4.78 is 1.12. The van der Waals surface area contributed by atoms with E-state index in [0.717, 1.165) is 16.4 Å². The molecule has 0 radical (unpaired) electrons. The number of nitrogen functional groups attached to an aromatic ring is 1. The average Bonchev–Trinajstić information content (AvgIpc) is 3.09. The summed E-state index contributed by atoms with van der Waals surface area (Å²) in [6.45, 7) is 0. The van der Waals surface area contributed by atoms with Crippen LogP contribution in [0.15, 0.2) is 52.7 Å². The first-order chi connectivity index (χ1) is 14.8. The van der Waals surface area contributed by atoms with Crippen LogP contribution in [0, 0.1) is 10.1 Å². The highest BCUT2D eigenvalue weighted by Crippen LogP contribution is 2.29. The van der Waals surface area contributed by atoms with Crippen molar-refractivity contribution in [2.45, 2.75) is 5.16 Å². The van der Waals surface area contributed by atoms with Gasteiger partial charge in [-0.3, -0.25) is 14.9 Å². The highest BCUT2D eigenvalue weighted by Gasteiger charge is 2.13. The molecular weight excluding hydrogens is 467 g/mol. The highest BCUT2D eigenvalue weighted by atomic mass is 35.5. The molecule has 0 aliphatic carbocycles. The van der Waals surface area contributed by atoms with Gasteiger partial charge in [0.15, 0.2) is 0 Å². The molecule has 31 heavy (non-hydrogen) atoms. The van der Waals surface area contributed by atoms with E-state index in [1.54, 1.807) is 30.3 Å². The number of nitro benzene ring substituents is 1. The summed E-state index contributed by atoms with van der Waals surface area (Å²) in [6.07, 6.45) is 1.37. The number of nitrogens with zero attached hydrogens (tertiary/aromatic N) is 5. The van der Waals surface area contributed by atoms with Crippen molar-refractivity contribution in [3.63, 3.8) is 0 Å². The Morgan fingerprint density at radius 2 is 2.06 bits per heavy atom. The van der Waals surface area contributed by atoms with E-state index in [1.165, 1.54) is 18.3 Å². The molecule has 0 saturated carbocycles. The fourth-order valence-electron chi connectivity index (χ4n) is 2.25. The predicted octanol–water partition coefficient (Wildman–Crippen LogP) is 3.38. The summed E-state index contributed by atoms with van der Waals surface area (Å²) in [5.74, 6) is 5.68. The molecule has 0 aliphatic rings. The van der Waals surface area contributed by atoms with Crippen LogP contribution in [-0.4, -0.2) is 37.7 Å². The summed E-state index contributed by atoms with van der Waals surface area (Å²) in [4.78, 5) is 22.5. The number of anilines is 2. The number of nitrogens with two attached hydrogens (primary N) is 1. The molecule has 4 N–H and O–H groups in total. The van der Waals surface area contributed by atoms with E-state index in [9.17, 15) is 14.9 Å². The number of hydrogen-bond acceptors (Lipinski definition) is 9. The number of non-ortho nitro benzene ring substituents is 1. The van der Waals surface area contributed by atoms with Gasteiger partial charge in [-0.2, -0.15) is 5.10 Å². The van der Waals surface area contributed by atoms with Gasteiger partial charge in [0, 0.05) is 17.7 Å². The number of aromatic nitrogens is 3. The Bertz CT molecular complexity index is 1150. The van der Waals surface area contributed by atoms with Crippen LogP contribution in [0.2, 0.25) is 10.0 Å².